The van der Waals surface area contributed by atoms with E-state index in [1.807, 2.05) is 0 Å². The number of ether oxygens (including phenoxy) is 1. The molecule has 1 fully saturated rings. The molecule has 0 radical (unpaired) electrons. The lowest BCUT2D eigenvalue weighted by atomic mass is 10.2. The van der Waals surface area contributed by atoms with Gasteiger partial charge in [-0.2, -0.15) is 13.2 Å². The molecule has 106 valence electrons. The molecule has 4 nitrogen and oxygen atoms in total. The molecule has 1 saturated heterocycles. The molecule has 1 N–H and O–H groups in total. The van der Waals surface area contributed by atoms with E-state index in [9.17, 15) is 13.2 Å². The number of aromatic nitrogens is 1. The summed E-state index contributed by atoms with van der Waals surface area (Å²) in [6.45, 7) is 3.30. The highest BCUT2D eigenvalue weighted by Gasteiger charge is 2.28. The van der Waals surface area contributed by atoms with Crippen LogP contribution in [0, 0.1) is 0 Å². The highest BCUT2D eigenvalue weighted by atomic mass is 19.4. The predicted molar refractivity (Wildman–Crippen MR) is 63.9 cm³/mol. The van der Waals surface area contributed by atoms with E-state index in [4.69, 9.17) is 0 Å². The minimum absolute atomic E-state index is 0.00128. The third-order valence-corrected chi connectivity index (χ3v) is 2.80. The van der Waals surface area contributed by atoms with Crippen LogP contribution in [0.15, 0.2) is 18.3 Å². The lowest BCUT2D eigenvalue weighted by molar-refractivity contribution is -0.154. The molecule has 0 saturated carbocycles. The molecule has 0 amide bonds. The Bertz CT molecular complexity index is 388. The third-order valence-electron chi connectivity index (χ3n) is 2.80. The fourth-order valence-corrected chi connectivity index (χ4v) is 1.87. The Morgan fingerprint density at radius 1 is 1.26 bits per heavy atom. The van der Waals surface area contributed by atoms with Gasteiger partial charge in [-0.25, -0.2) is 4.98 Å². The molecule has 2 rings (SSSR count). The number of pyridine rings is 1. The first-order valence-electron chi connectivity index (χ1n) is 6.10. The van der Waals surface area contributed by atoms with Crippen LogP contribution < -0.4 is 10.1 Å². The van der Waals surface area contributed by atoms with Crippen LogP contribution in [-0.2, 0) is 6.54 Å². The summed E-state index contributed by atoms with van der Waals surface area (Å²) in [5.74, 6) is 0.00128. The summed E-state index contributed by atoms with van der Waals surface area (Å²) in [4.78, 5) is 6.15. The summed E-state index contributed by atoms with van der Waals surface area (Å²) in [6, 6.07) is 3.23. The smallest absolute Gasteiger partial charge is 0.422 e. The van der Waals surface area contributed by atoms with Gasteiger partial charge in [-0.1, -0.05) is 6.07 Å². The lowest BCUT2D eigenvalue weighted by Crippen LogP contribution is -2.42. The molecule has 19 heavy (non-hydrogen) atoms. The van der Waals surface area contributed by atoms with Gasteiger partial charge in [-0.15, -0.1) is 0 Å². The van der Waals surface area contributed by atoms with Gasteiger partial charge in [0, 0.05) is 45.0 Å². The van der Waals surface area contributed by atoms with Crippen molar-refractivity contribution in [1.29, 1.82) is 0 Å². The van der Waals surface area contributed by atoms with Crippen molar-refractivity contribution in [2.24, 2.45) is 0 Å². The minimum atomic E-state index is -4.33. The normalized spacial score (nSPS) is 17.4. The lowest BCUT2D eigenvalue weighted by Gasteiger charge is -2.27. The molecule has 1 aromatic heterocycles. The Morgan fingerprint density at radius 3 is 2.58 bits per heavy atom. The Morgan fingerprint density at radius 2 is 2.00 bits per heavy atom. The van der Waals surface area contributed by atoms with Gasteiger partial charge in [0.25, 0.3) is 0 Å². The predicted octanol–water partition coefficient (Wildman–Crippen LogP) is 1.43. The van der Waals surface area contributed by atoms with Crippen LogP contribution in [0.1, 0.15) is 5.56 Å². The SMILES string of the molecule is FC(F)(F)COc1ccc(CN2CCNCC2)cn1. The summed E-state index contributed by atoms with van der Waals surface area (Å²) in [7, 11) is 0. The fraction of sp³-hybridized carbons (Fsp3) is 0.583. The van der Waals surface area contributed by atoms with E-state index in [-0.39, 0.29) is 5.88 Å². The van der Waals surface area contributed by atoms with Gasteiger partial charge in [-0.05, 0) is 5.56 Å². The summed E-state index contributed by atoms with van der Waals surface area (Å²) < 4.78 is 40.4. The van der Waals surface area contributed by atoms with Crippen molar-refractivity contribution in [2.45, 2.75) is 12.7 Å². The highest BCUT2D eigenvalue weighted by Crippen LogP contribution is 2.17. The molecule has 0 aromatic carbocycles. The van der Waals surface area contributed by atoms with Gasteiger partial charge in [0.1, 0.15) is 0 Å². The van der Waals surface area contributed by atoms with E-state index in [2.05, 4.69) is 19.9 Å². The Kier molecular flexibility index (Phi) is 4.60. The topological polar surface area (TPSA) is 37.4 Å². The number of hydrogen-bond acceptors (Lipinski definition) is 4. The maximum Gasteiger partial charge on any atom is 0.422 e. The molecule has 2 heterocycles. The molecule has 1 aliphatic heterocycles. The Labute approximate surface area is 109 Å². The number of halogens is 3. The van der Waals surface area contributed by atoms with Crippen molar-refractivity contribution in [3.8, 4) is 5.88 Å². The van der Waals surface area contributed by atoms with Crippen LogP contribution in [0.3, 0.4) is 0 Å². The monoisotopic (exact) mass is 275 g/mol. The number of piperazine rings is 1. The maximum atomic E-state index is 12.0. The standard InChI is InChI=1S/C12H16F3N3O/c13-12(14,15)9-19-11-2-1-10(7-17-11)8-18-5-3-16-4-6-18/h1-2,7,16H,3-6,8-9H2. The van der Waals surface area contributed by atoms with Crippen molar-refractivity contribution in [2.75, 3.05) is 32.8 Å². The van der Waals surface area contributed by atoms with E-state index in [1.165, 1.54) is 6.07 Å². The maximum absolute atomic E-state index is 12.0. The average molecular weight is 275 g/mol. The summed E-state index contributed by atoms with van der Waals surface area (Å²) in [6.07, 6.45) is -2.77. The Hall–Kier alpha value is -1.34. The first kappa shape index (κ1) is 14.1. The van der Waals surface area contributed by atoms with Gasteiger partial charge >= 0.3 is 6.18 Å². The average Bonchev–Trinajstić information content (AvgIpc) is 2.38. The zero-order valence-electron chi connectivity index (χ0n) is 10.4. The second kappa shape index (κ2) is 6.21. The van der Waals surface area contributed by atoms with Gasteiger partial charge < -0.3 is 10.1 Å². The van der Waals surface area contributed by atoms with Crippen molar-refractivity contribution in [3.63, 3.8) is 0 Å². The number of alkyl halides is 3. The van der Waals surface area contributed by atoms with Crippen LogP contribution in [-0.4, -0.2) is 48.8 Å². The number of hydrogen-bond donors (Lipinski definition) is 1. The molecule has 7 heteroatoms. The van der Waals surface area contributed by atoms with Crippen molar-refractivity contribution < 1.29 is 17.9 Å². The molecular formula is C12H16F3N3O. The van der Waals surface area contributed by atoms with E-state index in [1.54, 1.807) is 12.3 Å². The summed E-state index contributed by atoms with van der Waals surface area (Å²) in [5, 5.41) is 3.26. The van der Waals surface area contributed by atoms with Crippen molar-refractivity contribution in [1.82, 2.24) is 15.2 Å². The summed E-state index contributed by atoms with van der Waals surface area (Å²) >= 11 is 0. The number of nitrogens with one attached hydrogen (secondary N) is 1. The molecule has 0 atom stereocenters. The van der Waals surface area contributed by atoms with Crippen molar-refractivity contribution in [3.05, 3.63) is 23.9 Å². The fourth-order valence-electron chi connectivity index (χ4n) is 1.87. The molecule has 1 aromatic rings. The van der Waals surface area contributed by atoms with Gasteiger partial charge in [0.05, 0.1) is 0 Å². The molecule has 0 bridgehead atoms. The zero-order valence-corrected chi connectivity index (χ0v) is 10.4. The molecule has 0 unspecified atom stereocenters. The van der Waals surface area contributed by atoms with E-state index in [0.29, 0.717) is 0 Å². The summed E-state index contributed by atoms with van der Waals surface area (Å²) in [5.41, 5.74) is 0.973. The first-order valence-corrected chi connectivity index (χ1v) is 6.10. The van der Waals surface area contributed by atoms with Crippen LogP contribution in [0.5, 0.6) is 5.88 Å². The van der Waals surface area contributed by atoms with Crippen LogP contribution in [0.25, 0.3) is 0 Å². The first-order chi connectivity index (χ1) is 9.03. The second-order valence-electron chi connectivity index (χ2n) is 4.43. The number of rotatable bonds is 4. The molecule has 1 aliphatic rings. The van der Waals surface area contributed by atoms with Crippen LogP contribution in [0.2, 0.25) is 0 Å². The largest absolute Gasteiger partial charge is 0.468 e. The van der Waals surface area contributed by atoms with E-state index >= 15 is 0 Å². The van der Waals surface area contributed by atoms with Gasteiger partial charge in [-0.3, -0.25) is 4.90 Å². The molecular weight excluding hydrogens is 259 g/mol. The minimum Gasteiger partial charge on any atom is -0.468 e. The second-order valence-corrected chi connectivity index (χ2v) is 4.43. The third kappa shape index (κ3) is 5.04. The van der Waals surface area contributed by atoms with Crippen molar-refractivity contribution >= 4 is 0 Å². The highest BCUT2D eigenvalue weighted by molar-refractivity contribution is 5.17. The zero-order chi connectivity index (χ0) is 13.7. The van der Waals surface area contributed by atoms with Crippen LogP contribution >= 0.6 is 0 Å². The molecule has 0 spiro atoms. The van der Waals surface area contributed by atoms with E-state index in [0.717, 1.165) is 38.3 Å². The Balaban J connectivity index is 1.83. The van der Waals surface area contributed by atoms with Gasteiger partial charge in [0.15, 0.2) is 6.61 Å². The van der Waals surface area contributed by atoms with E-state index < -0.39 is 12.8 Å². The van der Waals surface area contributed by atoms with Crippen LogP contribution in [0.4, 0.5) is 13.2 Å². The quantitative estimate of drug-likeness (QED) is 0.902. The number of nitrogens with zero attached hydrogens (tertiary/aromatic N) is 2. The van der Waals surface area contributed by atoms with Gasteiger partial charge in [0.2, 0.25) is 5.88 Å². The molecule has 0 aliphatic carbocycles.